The van der Waals surface area contributed by atoms with Crippen LogP contribution >= 0.6 is 11.6 Å². The number of benzene rings is 1. The van der Waals surface area contributed by atoms with Gasteiger partial charge in [0.1, 0.15) is 0 Å². The van der Waals surface area contributed by atoms with Crippen LogP contribution in [0.1, 0.15) is 19.8 Å². The minimum absolute atomic E-state index is 0.00937. The SMILES string of the molecule is CCCCn1cnc2cc(Cl)ccc2c1=O. The fourth-order valence-electron chi connectivity index (χ4n) is 1.62. The zero-order valence-corrected chi connectivity index (χ0v) is 9.87. The van der Waals surface area contributed by atoms with E-state index in [2.05, 4.69) is 11.9 Å². The summed E-state index contributed by atoms with van der Waals surface area (Å²) in [7, 11) is 0. The Morgan fingerprint density at radius 1 is 1.44 bits per heavy atom. The van der Waals surface area contributed by atoms with Gasteiger partial charge in [-0.2, -0.15) is 0 Å². The maximum Gasteiger partial charge on any atom is 0.261 e. The van der Waals surface area contributed by atoms with Crippen LogP contribution in [0.4, 0.5) is 0 Å². The number of aryl methyl sites for hydroxylation is 1. The smallest absolute Gasteiger partial charge is 0.261 e. The number of aromatic nitrogens is 2. The van der Waals surface area contributed by atoms with Gasteiger partial charge >= 0.3 is 0 Å². The number of nitrogens with zero attached hydrogens (tertiary/aromatic N) is 2. The number of hydrogen-bond donors (Lipinski definition) is 0. The van der Waals surface area contributed by atoms with Crippen molar-refractivity contribution in [3.05, 3.63) is 39.9 Å². The quantitative estimate of drug-likeness (QED) is 0.822. The fourth-order valence-corrected chi connectivity index (χ4v) is 1.79. The standard InChI is InChI=1S/C12H13ClN2O/c1-2-3-6-15-8-14-11-7-9(13)4-5-10(11)12(15)16/h4-5,7-8H,2-3,6H2,1H3. The van der Waals surface area contributed by atoms with Crippen molar-refractivity contribution in [2.24, 2.45) is 0 Å². The second-order valence-electron chi connectivity index (χ2n) is 3.76. The number of rotatable bonds is 3. The van der Waals surface area contributed by atoms with E-state index < -0.39 is 0 Å². The van der Waals surface area contributed by atoms with Gasteiger partial charge in [-0.1, -0.05) is 24.9 Å². The summed E-state index contributed by atoms with van der Waals surface area (Å²) in [5.74, 6) is 0. The first-order chi connectivity index (χ1) is 7.72. The topological polar surface area (TPSA) is 34.9 Å². The average molecular weight is 237 g/mol. The molecule has 0 fully saturated rings. The van der Waals surface area contributed by atoms with Gasteiger partial charge in [0.25, 0.3) is 5.56 Å². The Morgan fingerprint density at radius 3 is 3.00 bits per heavy atom. The van der Waals surface area contributed by atoms with E-state index in [0.29, 0.717) is 15.9 Å². The highest BCUT2D eigenvalue weighted by Gasteiger charge is 2.03. The Morgan fingerprint density at radius 2 is 2.25 bits per heavy atom. The fraction of sp³-hybridized carbons (Fsp3) is 0.333. The van der Waals surface area contributed by atoms with Gasteiger partial charge in [-0.15, -0.1) is 0 Å². The summed E-state index contributed by atoms with van der Waals surface area (Å²) in [6.07, 6.45) is 3.64. The molecule has 0 aliphatic heterocycles. The molecule has 0 amide bonds. The third kappa shape index (κ3) is 2.09. The molecule has 2 aromatic rings. The molecule has 0 atom stereocenters. The molecule has 0 N–H and O–H groups in total. The first kappa shape index (κ1) is 11.1. The molecule has 0 bridgehead atoms. The minimum atomic E-state index is 0.00937. The molecule has 84 valence electrons. The van der Waals surface area contributed by atoms with Gasteiger partial charge in [0.2, 0.25) is 0 Å². The Hall–Kier alpha value is -1.35. The van der Waals surface area contributed by atoms with Crippen LogP contribution in [0.15, 0.2) is 29.3 Å². The lowest BCUT2D eigenvalue weighted by Crippen LogP contribution is -2.20. The Kier molecular flexibility index (Phi) is 3.25. The van der Waals surface area contributed by atoms with E-state index in [9.17, 15) is 4.79 Å². The molecule has 0 spiro atoms. The lowest BCUT2D eigenvalue weighted by molar-refractivity contribution is 0.608. The van der Waals surface area contributed by atoms with E-state index in [1.165, 1.54) is 0 Å². The third-order valence-electron chi connectivity index (χ3n) is 2.54. The molecular weight excluding hydrogens is 224 g/mol. The van der Waals surface area contributed by atoms with Gasteiger partial charge in [-0.25, -0.2) is 4.98 Å². The van der Waals surface area contributed by atoms with E-state index in [1.54, 1.807) is 29.1 Å². The number of hydrogen-bond acceptors (Lipinski definition) is 2. The monoisotopic (exact) mass is 236 g/mol. The minimum Gasteiger partial charge on any atom is -0.299 e. The van der Waals surface area contributed by atoms with Crippen molar-refractivity contribution in [3.8, 4) is 0 Å². The molecule has 0 saturated heterocycles. The van der Waals surface area contributed by atoms with Crippen LogP contribution in [0.25, 0.3) is 10.9 Å². The molecular formula is C12H13ClN2O. The summed E-state index contributed by atoms with van der Waals surface area (Å²) in [5.41, 5.74) is 0.667. The van der Waals surface area contributed by atoms with Crippen molar-refractivity contribution in [3.63, 3.8) is 0 Å². The van der Waals surface area contributed by atoms with E-state index in [4.69, 9.17) is 11.6 Å². The number of unbranched alkanes of at least 4 members (excludes halogenated alkanes) is 1. The van der Waals surface area contributed by atoms with Gasteiger partial charge in [-0.05, 0) is 24.6 Å². The highest BCUT2D eigenvalue weighted by Crippen LogP contribution is 2.14. The van der Waals surface area contributed by atoms with Crippen LogP contribution in [0.5, 0.6) is 0 Å². The molecule has 1 aromatic carbocycles. The van der Waals surface area contributed by atoms with E-state index in [-0.39, 0.29) is 5.56 Å². The maximum absolute atomic E-state index is 12.0. The molecule has 0 aliphatic carbocycles. The highest BCUT2D eigenvalue weighted by atomic mass is 35.5. The van der Waals surface area contributed by atoms with Crippen LogP contribution in [0.2, 0.25) is 5.02 Å². The lowest BCUT2D eigenvalue weighted by Gasteiger charge is -2.05. The van der Waals surface area contributed by atoms with E-state index in [0.717, 1.165) is 19.4 Å². The van der Waals surface area contributed by atoms with Crippen LogP contribution in [-0.4, -0.2) is 9.55 Å². The maximum atomic E-state index is 12.0. The number of halogens is 1. The Bertz CT molecular complexity index is 562. The molecule has 0 radical (unpaired) electrons. The predicted octanol–water partition coefficient (Wildman–Crippen LogP) is 2.85. The second kappa shape index (κ2) is 4.66. The number of fused-ring (bicyclic) bond motifs is 1. The first-order valence-corrected chi connectivity index (χ1v) is 5.75. The summed E-state index contributed by atoms with van der Waals surface area (Å²) in [6.45, 7) is 2.82. The lowest BCUT2D eigenvalue weighted by atomic mass is 10.2. The van der Waals surface area contributed by atoms with Crippen LogP contribution in [0.3, 0.4) is 0 Å². The summed E-state index contributed by atoms with van der Waals surface area (Å²) in [6, 6.07) is 5.16. The van der Waals surface area contributed by atoms with E-state index in [1.807, 2.05) is 0 Å². The molecule has 1 heterocycles. The first-order valence-electron chi connectivity index (χ1n) is 5.37. The highest BCUT2D eigenvalue weighted by molar-refractivity contribution is 6.31. The van der Waals surface area contributed by atoms with Crippen LogP contribution < -0.4 is 5.56 Å². The molecule has 1 aromatic heterocycles. The van der Waals surface area contributed by atoms with Crippen molar-refractivity contribution in [2.45, 2.75) is 26.3 Å². The Labute approximate surface area is 98.7 Å². The zero-order valence-electron chi connectivity index (χ0n) is 9.11. The average Bonchev–Trinajstić information content (AvgIpc) is 2.28. The molecule has 0 aliphatic rings. The van der Waals surface area contributed by atoms with Gasteiger partial charge in [0, 0.05) is 11.6 Å². The summed E-state index contributed by atoms with van der Waals surface area (Å²) >= 11 is 5.85. The normalized spacial score (nSPS) is 10.9. The van der Waals surface area contributed by atoms with Crippen LogP contribution in [0, 0.1) is 0 Å². The van der Waals surface area contributed by atoms with Gasteiger partial charge in [-0.3, -0.25) is 9.36 Å². The predicted molar refractivity (Wildman–Crippen MR) is 65.9 cm³/mol. The van der Waals surface area contributed by atoms with Crippen LogP contribution in [-0.2, 0) is 6.54 Å². The molecule has 0 saturated carbocycles. The summed E-state index contributed by atoms with van der Waals surface area (Å²) in [4.78, 5) is 16.3. The molecule has 2 rings (SSSR count). The van der Waals surface area contributed by atoms with Crippen molar-refractivity contribution in [1.29, 1.82) is 0 Å². The van der Waals surface area contributed by atoms with Crippen molar-refractivity contribution in [1.82, 2.24) is 9.55 Å². The molecule has 3 nitrogen and oxygen atoms in total. The largest absolute Gasteiger partial charge is 0.299 e. The second-order valence-corrected chi connectivity index (χ2v) is 4.19. The van der Waals surface area contributed by atoms with E-state index >= 15 is 0 Å². The van der Waals surface area contributed by atoms with Crippen molar-refractivity contribution < 1.29 is 0 Å². The summed E-state index contributed by atoms with van der Waals surface area (Å²) < 4.78 is 1.65. The molecule has 0 unspecified atom stereocenters. The van der Waals surface area contributed by atoms with Gasteiger partial charge < -0.3 is 0 Å². The zero-order chi connectivity index (χ0) is 11.5. The van der Waals surface area contributed by atoms with Gasteiger partial charge in [0.15, 0.2) is 0 Å². The van der Waals surface area contributed by atoms with Gasteiger partial charge in [0.05, 0.1) is 17.2 Å². The van der Waals surface area contributed by atoms with Crippen molar-refractivity contribution in [2.75, 3.05) is 0 Å². The van der Waals surface area contributed by atoms with Crippen molar-refractivity contribution >= 4 is 22.5 Å². The Balaban J connectivity index is 2.53. The summed E-state index contributed by atoms with van der Waals surface area (Å²) in [5, 5.41) is 1.23. The molecule has 16 heavy (non-hydrogen) atoms. The third-order valence-corrected chi connectivity index (χ3v) is 2.77. The molecule has 4 heteroatoms.